The number of hydrogen-bond donors (Lipinski definition) is 1. The smallest absolute Gasteiger partial charge is 0.230 e. The SMILES string of the molecule is Cc1cc([C@@H]2[C@@H](C(=O)Nc3ccc(Cl)c(C#N)c3)[C@@H]3O[C@H]2C(C)[C@H]3C)ccn1. The number of nitrogens with one attached hydrogen (secondary N) is 1. The molecule has 6 atom stereocenters. The number of carbonyl (C=O) groups is 1. The fraction of sp³-hybridized carbons (Fsp3) is 0.409. The zero-order valence-corrected chi connectivity index (χ0v) is 16.8. The van der Waals surface area contributed by atoms with Crippen LogP contribution in [0.5, 0.6) is 0 Å². The summed E-state index contributed by atoms with van der Waals surface area (Å²) < 4.78 is 6.28. The summed E-state index contributed by atoms with van der Waals surface area (Å²) >= 11 is 6.00. The standard InChI is InChI=1S/C22H22ClN3O2/c1-11-8-14(6-7-25-11)18-19(21-13(3)12(2)20(18)28-21)22(27)26-16-4-5-17(23)15(9-16)10-24/h4-9,12-13,18-21H,1-3H3,(H,26,27)/t12?,13-,18-,19-,20+,21-/m1/s1. The second-order valence-electron chi connectivity index (χ2n) is 7.86. The molecule has 2 aromatic rings. The van der Waals surface area contributed by atoms with Gasteiger partial charge in [-0.15, -0.1) is 0 Å². The van der Waals surface area contributed by atoms with E-state index in [0.717, 1.165) is 11.3 Å². The van der Waals surface area contributed by atoms with E-state index in [1.807, 2.05) is 25.1 Å². The minimum absolute atomic E-state index is 0.0115. The number of hydrogen-bond acceptors (Lipinski definition) is 4. The monoisotopic (exact) mass is 395 g/mol. The maximum absolute atomic E-state index is 13.3. The number of benzene rings is 1. The van der Waals surface area contributed by atoms with Crippen LogP contribution in [0.3, 0.4) is 0 Å². The van der Waals surface area contributed by atoms with Crippen LogP contribution in [0.25, 0.3) is 0 Å². The van der Waals surface area contributed by atoms with E-state index in [1.165, 1.54) is 0 Å². The third kappa shape index (κ3) is 3.07. The Morgan fingerprint density at radius 1 is 1.21 bits per heavy atom. The quantitative estimate of drug-likeness (QED) is 0.840. The molecule has 2 aliphatic rings. The maximum Gasteiger partial charge on any atom is 0.230 e. The zero-order chi connectivity index (χ0) is 20.0. The average Bonchev–Trinajstić information content (AvgIpc) is 3.20. The predicted molar refractivity (Wildman–Crippen MR) is 107 cm³/mol. The Bertz CT molecular complexity index is 970. The summed E-state index contributed by atoms with van der Waals surface area (Å²) in [5, 5.41) is 12.5. The largest absolute Gasteiger partial charge is 0.373 e. The van der Waals surface area contributed by atoms with Crippen molar-refractivity contribution in [1.29, 1.82) is 5.26 Å². The summed E-state index contributed by atoms with van der Waals surface area (Å²) in [5.41, 5.74) is 2.93. The van der Waals surface area contributed by atoms with E-state index in [9.17, 15) is 10.1 Å². The van der Waals surface area contributed by atoms with Crippen molar-refractivity contribution in [2.45, 2.75) is 38.9 Å². The minimum Gasteiger partial charge on any atom is -0.373 e. The molecule has 6 heteroatoms. The van der Waals surface area contributed by atoms with Crippen molar-refractivity contribution >= 4 is 23.2 Å². The number of fused-ring (bicyclic) bond motifs is 2. The summed E-state index contributed by atoms with van der Waals surface area (Å²) in [6, 6.07) is 11.0. The van der Waals surface area contributed by atoms with Gasteiger partial charge in [-0.25, -0.2) is 0 Å². The Morgan fingerprint density at radius 2 is 1.96 bits per heavy atom. The molecule has 5 nitrogen and oxygen atoms in total. The highest BCUT2D eigenvalue weighted by molar-refractivity contribution is 6.31. The van der Waals surface area contributed by atoms with E-state index in [1.54, 1.807) is 24.4 Å². The molecule has 0 spiro atoms. The third-order valence-corrected chi connectivity index (χ3v) is 6.57. The lowest BCUT2D eigenvalue weighted by atomic mass is 9.67. The molecule has 28 heavy (non-hydrogen) atoms. The van der Waals surface area contributed by atoms with Gasteiger partial charge in [0.15, 0.2) is 0 Å². The van der Waals surface area contributed by atoms with E-state index < -0.39 is 0 Å². The first kappa shape index (κ1) is 18.9. The number of nitrogens with zero attached hydrogens (tertiary/aromatic N) is 2. The van der Waals surface area contributed by atoms with Crippen LogP contribution in [0.2, 0.25) is 5.02 Å². The highest BCUT2D eigenvalue weighted by atomic mass is 35.5. The van der Waals surface area contributed by atoms with Gasteiger partial charge in [0.2, 0.25) is 5.91 Å². The Morgan fingerprint density at radius 3 is 2.68 bits per heavy atom. The molecule has 1 amide bonds. The van der Waals surface area contributed by atoms with Gasteiger partial charge in [0.05, 0.1) is 28.7 Å². The van der Waals surface area contributed by atoms with E-state index in [2.05, 4.69) is 24.1 Å². The molecule has 4 rings (SSSR count). The van der Waals surface area contributed by atoms with Gasteiger partial charge < -0.3 is 10.1 Å². The first-order chi connectivity index (χ1) is 13.4. The molecule has 1 unspecified atom stereocenters. The molecule has 1 aromatic heterocycles. The zero-order valence-electron chi connectivity index (χ0n) is 16.0. The second-order valence-corrected chi connectivity index (χ2v) is 8.27. The number of ether oxygens (including phenoxy) is 1. The molecule has 3 heterocycles. The molecule has 0 saturated carbocycles. The summed E-state index contributed by atoms with van der Waals surface area (Å²) in [7, 11) is 0. The molecule has 2 fully saturated rings. The molecular formula is C22H22ClN3O2. The fourth-order valence-corrected chi connectivity index (χ4v) is 4.82. The van der Waals surface area contributed by atoms with Gasteiger partial charge in [0.1, 0.15) is 6.07 Å². The van der Waals surface area contributed by atoms with Gasteiger partial charge in [0, 0.05) is 23.5 Å². The van der Waals surface area contributed by atoms with Crippen molar-refractivity contribution in [3.8, 4) is 6.07 Å². The first-order valence-corrected chi connectivity index (χ1v) is 9.87. The number of halogens is 1. The molecular weight excluding hydrogens is 374 g/mol. The van der Waals surface area contributed by atoms with Gasteiger partial charge >= 0.3 is 0 Å². The Kier molecular flexibility index (Phi) is 4.86. The molecule has 1 aromatic carbocycles. The number of aryl methyl sites for hydroxylation is 1. The van der Waals surface area contributed by atoms with Crippen LogP contribution < -0.4 is 5.32 Å². The number of nitriles is 1. The summed E-state index contributed by atoms with van der Waals surface area (Å²) in [5.74, 6) is 0.296. The van der Waals surface area contributed by atoms with Gasteiger partial charge in [-0.1, -0.05) is 25.4 Å². The van der Waals surface area contributed by atoms with Gasteiger partial charge in [-0.3, -0.25) is 9.78 Å². The van der Waals surface area contributed by atoms with Crippen molar-refractivity contribution in [1.82, 2.24) is 4.98 Å². The Labute approximate surface area is 169 Å². The average molecular weight is 396 g/mol. The highest BCUT2D eigenvalue weighted by Gasteiger charge is 2.59. The first-order valence-electron chi connectivity index (χ1n) is 9.49. The van der Waals surface area contributed by atoms with Gasteiger partial charge in [0.25, 0.3) is 0 Å². The van der Waals surface area contributed by atoms with Crippen LogP contribution in [-0.4, -0.2) is 23.1 Å². The van der Waals surface area contributed by atoms with E-state index in [4.69, 9.17) is 16.3 Å². The Hall–Kier alpha value is -2.42. The summed E-state index contributed by atoms with van der Waals surface area (Å²) in [6.45, 7) is 6.30. The molecule has 0 radical (unpaired) electrons. The maximum atomic E-state index is 13.3. The molecule has 1 N–H and O–H groups in total. The van der Waals surface area contributed by atoms with E-state index in [0.29, 0.717) is 28.1 Å². The number of anilines is 1. The predicted octanol–water partition coefficient (Wildman–Crippen LogP) is 4.31. The molecule has 2 saturated heterocycles. The van der Waals surface area contributed by atoms with Crippen LogP contribution in [0.4, 0.5) is 5.69 Å². The molecule has 2 bridgehead atoms. The van der Waals surface area contributed by atoms with E-state index in [-0.39, 0.29) is 30.0 Å². The van der Waals surface area contributed by atoms with Crippen molar-refractivity contribution in [3.05, 3.63) is 58.4 Å². The normalized spacial score (nSPS) is 30.8. The van der Waals surface area contributed by atoms with Crippen LogP contribution >= 0.6 is 11.6 Å². The number of pyridine rings is 1. The lowest BCUT2D eigenvalue weighted by molar-refractivity contribution is -0.122. The lowest BCUT2D eigenvalue weighted by Crippen LogP contribution is -2.42. The van der Waals surface area contributed by atoms with Crippen molar-refractivity contribution in [3.63, 3.8) is 0 Å². The number of amides is 1. The van der Waals surface area contributed by atoms with Crippen LogP contribution in [0, 0.1) is 36.0 Å². The molecule has 0 aliphatic carbocycles. The number of aromatic nitrogens is 1. The topological polar surface area (TPSA) is 75.0 Å². The lowest BCUT2D eigenvalue weighted by Gasteiger charge is -2.34. The summed E-state index contributed by atoms with van der Waals surface area (Å²) in [6.07, 6.45) is 1.68. The van der Waals surface area contributed by atoms with Crippen LogP contribution in [0.1, 0.15) is 36.6 Å². The highest BCUT2D eigenvalue weighted by Crippen LogP contribution is 2.54. The van der Waals surface area contributed by atoms with Crippen molar-refractivity contribution in [2.24, 2.45) is 17.8 Å². The number of carbonyl (C=O) groups excluding carboxylic acids is 1. The minimum atomic E-state index is -0.292. The summed E-state index contributed by atoms with van der Waals surface area (Å²) in [4.78, 5) is 17.6. The van der Waals surface area contributed by atoms with Crippen LogP contribution in [0.15, 0.2) is 36.5 Å². The van der Waals surface area contributed by atoms with E-state index >= 15 is 0 Å². The molecule has 2 aliphatic heterocycles. The fourth-order valence-electron chi connectivity index (χ4n) is 4.66. The second kappa shape index (κ2) is 7.20. The van der Waals surface area contributed by atoms with Crippen LogP contribution in [-0.2, 0) is 9.53 Å². The Balaban J connectivity index is 1.66. The van der Waals surface area contributed by atoms with Crippen molar-refractivity contribution < 1.29 is 9.53 Å². The van der Waals surface area contributed by atoms with Gasteiger partial charge in [-0.05, 0) is 54.7 Å². The molecule has 144 valence electrons. The number of rotatable bonds is 3. The van der Waals surface area contributed by atoms with Crippen molar-refractivity contribution in [2.75, 3.05) is 5.32 Å². The van der Waals surface area contributed by atoms with Gasteiger partial charge in [-0.2, -0.15) is 5.26 Å². The third-order valence-electron chi connectivity index (χ3n) is 6.24.